The smallest absolute Gasteiger partial charge is 0.124 e. The van der Waals surface area contributed by atoms with Crippen molar-refractivity contribution < 1.29 is 5.11 Å². The Bertz CT molecular complexity index is 454. The summed E-state index contributed by atoms with van der Waals surface area (Å²) < 4.78 is 0. The molecule has 2 heterocycles. The highest BCUT2D eigenvalue weighted by Crippen LogP contribution is 2.42. The van der Waals surface area contributed by atoms with Crippen LogP contribution in [0.1, 0.15) is 36.0 Å². The third-order valence-corrected chi connectivity index (χ3v) is 4.22. The molecule has 0 unspecified atom stereocenters. The van der Waals surface area contributed by atoms with Crippen molar-refractivity contribution in [1.29, 1.82) is 0 Å². The molecule has 0 bridgehead atoms. The van der Waals surface area contributed by atoms with Crippen molar-refractivity contribution >= 4 is 5.69 Å². The molecule has 0 atom stereocenters. The standard InChI is InChI=1S/C15H22N2O/c16-7-1-4-12-10-11-5-2-8-17-9-3-6-13(14(11)17)15(12)18/h10,18H,1-9,16H2. The van der Waals surface area contributed by atoms with Gasteiger partial charge in [0.1, 0.15) is 5.75 Å². The van der Waals surface area contributed by atoms with Crippen molar-refractivity contribution in [3.05, 3.63) is 22.8 Å². The summed E-state index contributed by atoms with van der Waals surface area (Å²) >= 11 is 0. The van der Waals surface area contributed by atoms with Gasteiger partial charge in [0.2, 0.25) is 0 Å². The Kier molecular flexibility index (Phi) is 3.16. The van der Waals surface area contributed by atoms with Crippen LogP contribution in [0.25, 0.3) is 0 Å². The molecule has 3 N–H and O–H groups in total. The van der Waals surface area contributed by atoms with Crippen LogP contribution in [0.15, 0.2) is 6.07 Å². The second-order valence-corrected chi connectivity index (χ2v) is 5.46. The van der Waals surface area contributed by atoms with E-state index in [-0.39, 0.29) is 0 Å². The van der Waals surface area contributed by atoms with Gasteiger partial charge in [-0.1, -0.05) is 6.07 Å². The van der Waals surface area contributed by atoms with Crippen LogP contribution >= 0.6 is 0 Å². The molecule has 0 spiro atoms. The lowest BCUT2D eigenvalue weighted by Gasteiger charge is -2.37. The number of rotatable bonds is 3. The van der Waals surface area contributed by atoms with Gasteiger partial charge in [0.25, 0.3) is 0 Å². The number of hydrogen-bond donors (Lipinski definition) is 2. The number of phenolic OH excluding ortho intramolecular Hbond substituents is 1. The quantitative estimate of drug-likeness (QED) is 0.857. The van der Waals surface area contributed by atoms with E-state index in [1.807, 2.05) is 0 Å². The molecule has 2 aliphatic rings. The van der Waals surface area contributed by atoms with Crippen LogP contribution in [0.5, 0.6) is 5.75 Å². The maximum absolute atomic E-state index is 10.5. The summed E-state index contributed by atoms with van der Waals surface area (Å²) in [5.41, 5.74) is 10.7. The van der Waals surface area contributed by atoms with E-state index in [0.717, 1.165) is 44.3 Å². The molecule has 3 rings (SSSR count). The van der Waals surface area contributed by atoms with Crippen LogP contribution in [0.4, 0.5) is 5.69 Å². The first-order valence-electron chi connectivity index (χ1n) is 7.13. The van der Waals surface area contributed by atoms with Gasteiger partial charge in [-0.25, -0.2) is 0 Å². The normalized spacial score (nSPS) is 17.7. The molecular weight excluding hydrogens is 224 g/mol. The zero-order valence-electron chi connectivity index (χ0n) is 10.9. The third kappa shape index (κ3) is 1.87. The molecule has 0 saturated heterocycles. The van der Waals surface area contributed by atoms with Crippen LogP contribution in [-0.2, 0) is 19.3 Å². The van der Waals surface area contributed by atoms with E-state index in [0.29, 0.717) is 12.3 Å². The van der Waals surface area contributed by atoms with Gasteiger partial charge in [0.15, 0.2) is 0 Å². The molecule has 0 aliphatic carbocycles. The lowest BCUT2D eigenvalue weighted by Crippen LogP contribution is -2.34. The number of phenols is 1. The fourth-order valence-corrected chi connectivity index (χ4v) is 3.39. The fraction of sp³-hybridized carbons (Fsp3) is 0.600. The summed E-state index contributed by atoms with van der Waals surface area (Å²) in [6.45, 7) is 3.00. The third-order valence-electron chi connectivity index (χ3n) is 4.22. The van der Waals surface area contributed by atoms with Gasteiger partial charge in [-0.2, -0.15) is 0 Å². The highest BCUT2D eigenvalue weighted by atomic mass is 16.3. The van der Waals surface area contributed by atoms with Crippen LogP contribution in [-0.4, -0.2) is 24.7 Å². The maximum atomic E-state index is 10.5. The van der Waals surface area contributed by atoms with Crippen LogP contribution in [0.2, 0.25) is 0 Å². The molecule has 0 aromatic heterocycles. The fourth-order valence-electron chi connectivity index (χ4n) is 3.39. The number of nitrogens with zero attached hydrogens (tertiary/aromatic N) is 1. The molecule has 0 amide bonds. The van der Waals surface area contributed by atoms with E-state index < -0.39 is 0 Å². The Morgan fingerprint density at radius 2 is 2.00 bits per heavy atom. The van der Waals surface area contributed by atoms with Gasteiger partial charge in [0.05, 0.1) is 0 Å². The second kappa shape index (κ2) is 4.81. The van der Waals surface area contributed by atoms with E-state index in [1.165, 1.54) is 29.7 Å². The minimum Gasteiger partial charge on any atom is -0.507 e. The molecule has 3 heteroatoms. The Labute approximate surface area is 109 Å². The van der Waals surface area contributed by atoms with Crippen molar-refractivity contribution in [3.63, 3.8) is 0 Å². The zero-order chi connectivity index (χ0) is 12.5. The summed E-state index contributed by atoms with van der Waals surface area (Å²) in [5, 5.41) is 10.5. The number of anilines is 1. The Morgan fingerprint density at radius 1 is 1.22 bits per heavy atom. The van der Waals surface area contributed by atoms with Crippen LogP contribution in [0, 0.1) is 0 Å². The number of hydrogen-bond acceptors (Lipinski definition) is 3. The number of benzene rings is 1. The van der Waals surface area contributed by atoms with E-state index in [4.69, 9.17) is 5.73 Å². The largest absolute Gasteiger partial charge is 0.507 e. The molecule has 0 fully saturated rings. The minimum atomic E-state index is 0.550. The van der Waals surface area contributed by atoms with E-state index in [1.54, 1.807) is 0 Å². The van der Waals surface area contributed by atoms with Crippen LogP contribution in [0.3, 0.4) is 0 Å². The molecule has 1 aromatic carbocycles. The Balaban J connectivity index is 2.05. The molecule has 1 aromatic rings. The highest BCUT2D eigenvalue weighted by molar-refractivity contribution is 5.69. The molecule has 0 saturated carbocycles. The van der Waals surface area contributed by atoms with Crippen molar-refractivity contribution in [3.8, 4) is 5.75 Å². The second-order valence-electron chi connectivity index (χ2n) is 5.46. The van der Waals surface area contributed by atoms with E-state index in [9.17, 15) is 5.11 Å². The molecular formula is C15H22N2O. The Morgan fingerprint density at radius 3 is 2.78 bits per heavy atom. The van der Waals surface area contributed by atoms with Gasteiger partial charge < -0.3 is 15.7 Å². The topological polar surface area (TPSA) is 49.5 Å². The number of aryl methyl sites for hydroxylation is 2. The monoisotopic (exact) mass is 246 g/mol. The molecule has 2 aliphatic heterocycles. The average molecular weight is 246 g/mol. The Hall–Kier alpha value is -1.22. The minimum absolute atomic E-state index is 0.550. The van der Waals surface area contributed by atoms with Gasteiger partial charge >= 0.3 is 0 Å². The zero-order valence-corrected chi connectivity index (χ0v) is 10.9. The molecule has 98 valence electrons. The molecule has 0 radical (unpaired) electrons. The first kappa shape index (κ1) is 11.8. The SMILES string of the molecule is NCCCc1cc2c3c(c1O)CCCN3CCC2. The predicted octanol–water partition coefficient (Wildman–Crippen LogP) is 1.98. The average Bonchev–Trinajstić information content (AvgIpc) is 2.41. The van der Waals surface area contributed by atoms with Crippen molar-refractivity contribution in [2.24, 2.45) is 5.73 Å². The van der Waals surface area contributed by atoms with Crippen LogP contribution < -0.4 is 10.6 Å². The van der Waals surface area contributed by atoms with Gasteiger partial charge in [-0.05, 0) is 56.2 Å². The summed E-state index contributed by atoms with van der Waals surface area (Å²) in [6.07, 6.45) is 6.46. The van der Waals surface area contributed by atoms with Crippen molar-refractivity contribution in [2.45, 2.75) is 38.5 Å². The number of nitrogens with two attached hydrogens (primary N) is 1. The van der Waals surface area contributed by atoms with Crippen molar-refractivity contribution in [1.82, 2.24) is 0 Å². The number of aromatic hydroxyl groups is 1. The maximum Gasteiger partial charge on any atom is 0.124 e. The lowest BCUT2D eigenvalue weighted by molar-refractivity contribution is 0.454. The predicted molar refractivity (Wildman–Crippen MR) is 74.3 cm³/mol. The van der Waals surface area contributed by atoms with Gasteiger partial charge in [-0.15, -0.1) is 0 Å². The first-order chi connectivity index (χ1) is 8.81. The first-order valence-corrected chi connectivity index (χ1v) is 7.13. The van der Waals surface area contributed by atoms with Gasteiger partial charge in [0, 0.05) is 24.3 Å². The molecule has 18 heavy (non-hydrogen) atoms. The summed E-state index contributed by atoms with van der Waals surface area (Å²) in [7, 11) is 0. The molecule has 3 nitrogen and oxygen atoms in total. The van der Waals surface area contributed by atoms with Crippen molar-refractivity contribution in [2.75, 3.05) is 24.5 Å². The highest BCUT2D eigenvalue weighted by Gasteiger charge is 2.27. The van der Waals surface area contributed by atoms with E-state index in [2.05, 4.69) is 11.0 Å². The summed E-state index contributed by atoms with van der Waals surface area (Å²) in [4.78, 5) is 2.46. The van der Waals surface area contributed by atoms with E-state index >= 15 is 0 Å². The lowest BCUT2D eigenvalue weighted by atomic mass is 9.88. The van der Waals surface area contributed by atoms with Gasteiger partial charge in [-0.3, -0.25) is 0 Å². The summed E-state index contributed by atoms with van der Waals surface area (Å²) in [5.74, 6) is 0.550. The summed E-state index contributed by atoms with van der Waals surface area (Å²) in [6, 6.07) is 2.22.